The number of hydrogen-bond donors (Lipinski definition) is 1. The largest absolute Gasteiger partial charge is 0.465 e. The fourth-order valence-corrected chi connectivity index (χ4v) is 2.66. The van der Waals surface area contributed by atoms with Crippen LogP contribution in [0.2, 0.25) is 0 Å². The van der Waals surface area contributed by atoms with E-state index in [-0.39, 0.29) is 17.4 Å². The molecule has 1 aromatic heterocycles. The number of nitrogens with one attached hydrogen (secondary N) is 1. The first-order valence-corrected chi connectivity index (χ1v) is 8.30. The van der Waals surface area contributed by atoms with E-state index < -0.39 is 11.5 Å². The lowest BCUT2D eigenvalue weighted by molar-refractivity contribution is -0.124. The van der Waals surface area contributed by atoms with Crippen molar-refractivity contribution >= 4 is 17.7 Å². The van der Waals surface area contributed by atoms with Crippen molar-refractivity contribution in [1.29, 1.82) is 0 Å². The number of aromatic nitrogens is 1. The summed E-state index contributed by atoms with van der Waals surface area (Å²) in [5, 5.41) is 2.77. The van der Waals surface area contributed by atoms with E-state index in [2.05, 4.69) is 15.3 Å². The third kappa shape index (κ3) is 3.42. The Morgan fingerprint density at radius 1 is 1.36 bits per heavy atom. The van der Waals surface area contributed by atoms with Crippen molar-refractivity contribution in [3.8, 4) is 0 Å². The van der Waals surface area contributed by atoms with Crippen molar-refractivity contribution in [3.05, 3.63) is 28.6 Å². The Morgan fingerprint density at radius 2 is 2.04 bits per heavy atom. The van der Waals surface area contributed by atoms with E-state index in [0.29, 0.717) is 30.3 Å². The number of aliphatic imine (C=N–C) groups is 1. The Kier molecular flexibility index (Phi) is 5.57. The van der Waals surface area contributed by atoms with Crippen molar-refractivity contribution in [2.45, 2.75) is 46.3 Å². The highest BCUT2D eigenvalue weighted by Crippen LogP contribution is 2.28. The quantitative estimate of drug-likeness (QED) is 0.794. The molecular weight excluding hydrogens is 322 g/mol. The number of pyridine rings is 1. The molecule has 7 nitrogen and oxygen atoms in total. The SMILES string of the molecule is CCc1cc(C(=O)OC)c(C2=NC(C)(C(C)C)C(=O)N2)nc1COC. The van der Waals surface area contributed by atoms with Gasteiger partial charge in [-0.2, -0.15) is 0 Å². The summed E-state index contributed by atoms with van der Waals surface area (Å²) in [7, 11) is 2.90. The Labute approximate surface area is 147 Å². The van der Waals surface area contributed by atoms with Gasteiger partial charge in [0.2, 0.25) is 0 Å². The van der Waals surface area contributed by atoms with Crippen molar-refractivity contribution < 1.29 is 19.1 Å². The van der Waals surface area contributed by atoms with Crippen molar-refractivity contribution in [2.75, 3.05) is 14.2 Å². The Bertz CT molecular complexity index is 727. The molecular formula is C18H25N3O4. The summed E-state index contributed by atoms with van der Waals surface area (Å²) in [5.41, 5.74) is 1.31. The molecule has 1 unspecified atom stereocenters. The number of carbonyl (C=O) groups is 2. The molecule has 0 aromatic carbocycles. The molecule has 1 atom stereocenters. The van der Waals surface area contributed by atoms with E-state index in [1.807, 2.05) is 20.8 Å². The van der Waals surface area contributed by atoms with Crippen LogP contribution in [-0.2, 0) is 27.3 Å². The van der Waals surface area contributed by atoms with Crippen LogP contribution in [0.4, 0.5) is 0 Å². The van der Waals surface area contributed by atoms with Gasteiger partial charge in [-0.3, -0.25) is 4.79 Å². The molecule has 1 aliphatic heterocycles. The fraction of sp³-hybridized carbons (Fsp3) is 0.556. The van der Waals surface area contributed by atoms with Gasteiger partial charge < -0.3 is 14.8 Å². The lowest BCUT2D eigenvalue weighted by Crippen LogP contribution is -2.41. The molecule has 1 aliphatic rings. The molecule has 0 saturated heterocycles. The topological polar surface area (TPSA) is 89.9 Å². The number of nitrogens with zero attached hydrogens (tertiary/aromatic N) is 2. The number of carbonyl (C=O) groups excluding carboxylic acids is 2. The van der Waals surface area contributed by atoms with Gasteiger partial charge in [0.05, 0.1) is 25.0 Å². The predicted molar refractivity (Wildman–Crippen MR) is 93.6 cm³/mol. The zero-order chi connectivity index (χ0) is 18.8. The molecule has 7 heteroatoms. The van der Waals surface area contributed by atoms with Gasteiger partial charge in [-0.1, -0.05) is 20.8 Å². The minimum absolute atomic E-state index is 0.0000581. The van der Waals surface area contributed by atoms with Crippen LogP contribution in [0.1, 0.15) is 55.0 Å². The van der Waals surface area contributed by atoms with Gasteiger partial charge in [-0.05, 0) is 30.9 Å². The van der Waals surface area contributed by atoms with Gasteiger partial charge in [-0.15, -0.1) is 0 Å². The lowest BCUT2D eigenvalue weighted by Gasteiger charge is -2.21. The maximum absolute atomic E-state index is 12.4. The third-order valence-corrected chi connectivity index (χ3v) is 4.64. The van der Waals surface area contributed by atoms with Gasteiger partial charge in [0.25, 0.3) is 5.91 Å². The highest BCUT2D eigenvalue weighted by Gasteiger charge is 2.43. The average Bonchev–Trinajstić information content (AvgIpc) is 2.90. The average molecular weight is 347 g/mol. The number of ether oxygens (including phenoxy) is 2. The van der Waals surface area contributed by atoms with E-state index in [1.165, 1.54) is 7.11 Å². The van der Waals surface area contributed by atoms with Crippen LogP contribution in [0.5, 0.6) is 0 Å². The maximum atomic E-state index is 12.4. The molecule has 2 rings (SSSR count). The number of esters is 1. The van der Waals surface area contributed by atoms with E-state index >= 15 is 0 Å². The third-order valence-electron chi connectivity index (χ3n) is 4.64. The molecule has 0 fully saturated rings. The van der Waals surface area contributed by atoms with Crippen molar-refractivity contribution in [1.82, 2.24) is 10.3 Å². The number of hydrogen-bond acceptors (Lipinski definition) is 6. The van der Waals surface area contributed by atoms with Crippen LogP contribution < -0.4 is 5.32 Å². The Hall–Kier alpha value is -2.28. The second-order valence-corrected chi connectivity index (χ2v) is 6.49. The highest BCUT2D eigenvalue weighted by atomic mass is 16.5. The van der Waals surface area contributed by atoms with Gasteiger partial charge in [0.1, 0.15) is 11.2 Å². The monoisotopic (exact) mass is 347 g/mol. The van der Waals surface area contributed by atoms with Crippen molar-refractivity contribution in [3.63, 3.8) is 0 Å². The lowest BCUT2D eigenvalue weighted by atomic mass is 9.89. The Morgan fingerprint density at radius 3 is 2.52 bits per heavy atom. The van der Waals surface area contributed by atoms with Crippen LogP contribution >= 0.6 is 0 Å². The summed E-state index contributed by atoms with van der Waals surface area (Å²) >= 11 is 0. The number of amidine groups is 1. The number of amides is 1. The summed E-state index contributed by atoms with van der Waals surface area (Å²) in [6.07, 6.45) is 0.693. The first-order chi connectivity index (χ1) is 11.8. The minimum Gasteiger partial charge on any atom is -0.465 e. The van der Waals surface area contributed by atoms with Gasteiger partial charge in [-0.25, -0.2) is 14.8 Å². The van der Waals surface area contributed by atoms with Crippen LogP contribution in [0.15, 0.2) is 11.1 Å². The fourth-order valence-electron chi connectivity index (χ4n) is 2.66. The molecule has 0 bridgehead atoms. The van der Waals surface area contributed by atoms with Crippen LogP contribution in [0, 0.1) is 5.92 Å². The molecule has 1 N–H and O–H groups in total. The molecule has 2 heterocycles. The van der Waals surface area contributed by atoms with Gasteiger partial charge in [0, 0.05) is 7.11 Å². The second kappa shape index (κ2) is 7.31. The highest BCUT2D eigenvalue weighted by molar-refractivity contribution is 6.17. The Balaban J connectivity index is 2.65. The molecule has 25 heavy (non-hydrogen) atoms. The first kappa shape index (κ1) is 19.1. The number of rotatable bonds is 6. The van der Waals surface area contributed by atoms with Crippen LogP contribution in [0.25, 0.3) is 0 Å². The maximum Gasteiger partial charge on any atom is 0.340 e. The standard InChI is InChI=1S/C18H25N3O4/c1-7-11-8-12(16(22)25-6)14(19-13(11)9-24-5)15-20-17(23)18(4,21-15)10(2)3/h8,10H,7,9H2,1-6H3,(H,20,21,23). The molecule has 0 aliphatic carbocycles. The van der Waals surface area contributed by atoms with E-state index in [1.54, 1.807) is 20.1 Å². The summed E-state index contributed by atoms with van der Waals surface area (Å²) < 4.78 is 10.1. The van der Waals surface area contributed by atoms with Crippen LogP contribution in [0.3, 0.4) is 0 Å². The zero-order valence-corrected chi connectivity index (χ0v) is 15.6. The van der Waals surface area contributed by atoms with E-state index in [0.717, 1.165) is 5.56 Å². The van der Waals surface area contributed by atoms with Crippen LogP contribution in [-0.4, -0.2) is 42.5 Å². The summed E-state index contributed by atoms with van der Waals surface area (Å²) in [5.74, 6) is -0.430. The minimum atomic E-state index is -0.894. The summed E-state index contributed by atoms with van der Waals surface area (Å²) in [6.45, 7) is 7.91. The number of methoxy groups -OCH3 is 2. The second-order valence-electron chi connectivity index (χ2n) is 6.49. The van der Waals surface area contributed by atoms with Gasteiger partial charge >= 0.3 is 5.97 Å². The molecule has 1 amide bonds. The molecule has 1 aromatic rings. The van der Waals surface area contributed by atoms with Gasteiger partial charge in [0.15, 0.2) is 5.84 Å². The smallest absolute Gasteiger partial charge is 0.340 e. The van der Waals surface area contributed by atoms with E-state index in [4.69, 9.17) is 9.47 Å². The molecule has 0 spiro atoms. The van der Waals surface area contributed by atoms with Crippen molar-refractivity contribution in [2.24, 2.45) is 10.9 Å². The predicted octanol–water partition coefficient (Wildman–Crippen LogP) is 1.87. The summed E-state index contributed by atoms with van der Waals surface area (Å²) in [6, 6.07) is 1.74. The summed E-state index contributed by atoms with van der Waals surface area (Å²) in [4.78, 5) is 33.8. The number of aryl methyl sites for hydroxylation is 1. The first-order valence-electron chi connectivity index (χ1n) is 8.30. The molecule has 136 valence electrons. The molecule has 0 saturated carbocycles. The normalized spacial score (nSPS) is 19.8. The zero-order valence-electron chi connectivity index (χ0n) is 15.6. The molecule has 0 radical (unpaired) electrons. The van der Waals surface area contributed by atoms with E-state index in [9.17, 15) is 9.59 Å².